The second kappa shape index (κ2) is 6.44. The molecule has 3 nitrogen and oxygen atoms in total. The lowest BCUT2D eigenvalue weighted by atomic mass is 9.89. The normalized spacial score (nSPS) is 12.3. The highest BCUT2D eigenvalue weighted by atomic mass is 16.1. The monoisotopic (exact) mass is 319 g/mol. The molecule has 0 bridgehead atoms. The minimum absolute atomic E-state index is 0.0112. The number of hydrogen-bond acceptors (Lipinski definition) is 2. The van der Waals surface area contributed by atoms with Gasteiger partial charge in [0, 0.05) is 34.5 Å². The molecule has 1 N–H and O–H groups in total. The molecule has 1 heterocycles. The van der Waals surface area contributed by atoms with Gasteiger partial charge in [-0.3, -0.25) is 9.59 Å². The molecule has 0 aliphatic carbocycles. The molecule has 122 valence electrons. The number of aromatic amines is 1. The Kier molecular flexibility index (Phi) is 4.34. The van der Waals surface area contributed by atoms with E-state index in [4.69, 9.17) is 0 Å². The number of fused-ring (bicyclic) bond motifs is 1. The van der Waals surface area contributed by atoms with E-state index in [2.05, 4.69) is 4.98 Å². The largest absolute Gasteiger partial charge is 0.358 e. The second-order valence-electron chi connectivity index (χ2n) is 6.13. The first kappa shape index (κ1) is 16.2. The Morgan fingerprint density at radius 1 is 1.04 bits per heavy atom. The van der Waals surface area contributed by atoms with Gasteiger partial charge in [-0.15, -0.1) is 0 Å². The predicted molar refractivity (Wildman–Crippen MR) is 96.6 cm³/mol. The number of aromatic nitrogens is 1. The standard InChI is InChI=1S/C21H21NO2/c1-4-18(23)13(2)16-11-8-12-17-20(16)19(14(3)22-17)21(24)15-9-6-5-7-10-15/h5-13,22H,4H2,1-3H3. The van der Waals surface area contributed by atoms with Crippen molar-refractivity contribution in [2.75, 3.05) is 0 Å². The summed E-state index contributed by atoms with van der Waals surface area (Å²) in [4.78, 5) is 28.6. The van der Waals surface area contributed by atoms with Gasteiger partial charge in [0.2, 0.25) is 0 Å². The molecule has 0 aliphatic rings. The molecule has 0 saturated heterocycles. The van der Waals surface area contributed by atoms with E-state index in [-0.39, 0.29) is 17.5 Å². The summed E-state index contributed by atoms with van der Waals surface area (Å²) in [5, 5.41) is 0.873. The third-order valence-corrected chi connectivity index (χ3v) is 4.60. The van der Waals surface area contributed by atoms with Crippen molar-refractivity contribution in [3.63, 3.8) is 0 Å². The van der Waals surface area contributed by atoms with Gasteiger partial charge in [0.25, 0.3) is 0 Å². The SMILES string of the molecule is CCC(=O)C(C)c1cccc2[nH]c(C)c(C(=O)c3ccccc3)c12. The summed E-state index contributed by atoms with van der Waals surface area (Å²) in [6, 6.07) is 15.1. The number of nitrogens with one attached hydrogen (secondary N) is 1. The molecule has 3 rings (SSSR count). The van der Waals surface area contributed by atoms with Gasteiger partial charge in [-0.1, -0.05) is 56.3 Å². The van der Waals surface area contributed by atoms with E-state index in [9.17, 15) is 9.59 Å². The first-order valence-electron chi connectivity index (χ1n) is 8.28. The summed E-state index contributed by atoms with van der Waals surface area (Å²) in [5.74, 6) is -0.0568. The fourth-order valence-electron chi connectivity index (χ4n) is 3.26. The van der Waals surface area contributed by atoms with E-state index in [0.717, 1.165) is 22.2 Å². The van der Waals surface area contributed by atoms with Crippen LogP contribution in [0.25, 0.3) is 10.9 Å². The summed E-state index contributed by atoms with van der Waals surface area (Å²) in [7, 11) is 0. The highest BCUT2D eigenvalue weighted by Gasteiger charge is 2.23. The molecule has 0 radical (unpaired) electrons. The molecule has 0 fully saturated rings. The maximum atomic E-state index is 13.1. The van der Waals surface area contributed by atoms with Crippen LogP contribution in [0.3, 0.4) is 0 Å². The molecule has 0 amide bonds. The van der Waals surface area contributed by atoms with E-state index in [1.54, 1.807) is 0 Å². The number of Topliss-reactive ketones (excluding diaryl/α,β-unsaturated/α-hetero) is 1. The van der Waals surface area contributed by atoms with Gasteiger partial charge in [0.05, 0.1) is 5.56 Å². The third-order valence-electron chi connectivity index (χ3n) is 4.60. The van der Waals surface area contributed by atoms with Gasteiger partial charge in [0.15, 0.2) is 5.78 Å². The molecular formula is C21H21NO2. The highest BCUT2D eigenvalue weighted by Crippen LogP contribution is 2.32. The molecule has 1 atom stereocenters. The minimum atomic E-state index is -0.226. The number of carbonyl (C=O) groups excluding carboxylic acids is 2. The zero-order valence-electron chi connectivity index (χ0n) is 14.2. The summed E-state index contributed by atoms with van der Waals surface area (Å²) in [5.41, 5.74) is 3.98. The van der Waals surface area contributed by atoms with E-state index in [1.165, 1.54) is 0 Å². The number of ketones is 2. The van der Waals surface area contributed by atoms with Gasteiger partial charge in [0.1, 0.15) is 5.78 Å². The molecule has 3 aromatic rings. The Hall–Kier alpha value is -2.68. The van der Waals surface area contributed by atoms with Gasteiger partial charge < -0.3 is 4.98 Å². The quantitative estimate of drug-likeness (QED) is 0.687. The molecule has 3 heteroatoms. The molecule has 1 unspecified atom stereocenters. The van der Waals surface area contributed by atoms with E-state index < -0.39 is 0 Å². The predicted octanol–water partition coefficient (Wildman–Crippen LogP) is 4.79. The van der Waals surface area contributed by atoms with Gasteiger partial charge in [-0.25, -0.2) is 0 Å². The lowest BCUT2D eigenvalue weighted by Gasteiger charge is -2.12. The molecule has 24 heavy (non-hydrogen) atoms. The van der Waals surface area contributed by atoms with Crippen LogP contribution in [0.2, 0.25) is 0 Å². The Labute approximate surface area is 141 Å². The number of carbonyl (C=O) groups is 2. The molecule has 0 aliphatic heterocycles. The van der Waals surface area contributed by atoms with Crippen molar-refractivity contribution < 1.29 is 9.59 Å². The van der Waals surface area contributed by atoms with Crippen LogP contribution in [0.4, 0.5) is 0 Å². The maximum Gasteiger partial charge on any atom is 0.195 e. The Morgan fingerprint density at radius 2 is 1.75 bits per heavy atom. The van der Waals surface area contributed by atoms with Crippen LogP contribution in [-0.4, -0.2) is 16.6 Å². The topological polar surface area (TPSA) is 49.9 Å². The van der Waals surface area contributed by atoms with Crippen molar-refractivity contribution in [3.05, 3.63) is 70.9 Å². The number of H-pyrrole nitrogens is 1. The molecule has 0 spiro atoms. The first-order valence-corrected chi connectivity index (χ1v) is 8.28. The lowest BCUT2D eigenvalue weighted by molar-refractivity contribution is -0.119. The summed E-state index contributed by atoms with van der Waals surface area (Å²) >= 11 is 0. The zero-order chi connectivity index (χ0) is 17.3. The van der Waals surface area contributed by atoms with Crippen LogP contribution in [0, 0.1) is 6.92 Å². The minimum Gasteiger partial charge on any atom is -0.358 e. The fourth-order valence-corrected chi connectivity index (χ4v) is 3.26. The van der Waals surface area contributed by atoms with Gasteiger partial charge in [-0.05, 0) is 18.6 Å². The lowest BCUT2D eigenvalue weighted by Crippen LogP contribution is -2.09. The maximum absolute atomic E-state index is 13.1. The van der Waals surface area contributed by atoms with Crippen molar-refractivity contribution in [1.29, 1.82) is 0 Å². The third kappa shape index (κ3) is 2.67. The van der Waals surface area contributed by atoms with Crippen LogP contribution in [0.5, 0.6) is 0 Å². The average Bonchev–Trinajstić information content (AvgIpc) is 2.96. The van der Waals surface area contributed by atoms with E-state index in [1.807, 2.05) is 69.3 Å². The average molecular weight is 319 g/mol. The zero-order valence-corrected chi connectivity index (χ0v) is 14.2. The molecule has 1 aromatic heterocycles. The number of aryl methyl sites for hydroxylation is 1. The molecule has 2 aromatic carbocycles. The number of benzene rings is 2. The first-order chi connectivity index (χ1) is 11.5. The van der Waals surface area contributed by atoms with Crippen molar-refractivity contribution in [2.24, 2.45) is 0 Å². The van der Waals surface area contributed by atoms with Crippen molar-refractivity contribution >= 4 is 22.5 Å². The van der Waals surface area contributed by atoms with Crippen LogP contribution < -0.4 is 0 Å². The van der Waals surface area contributed by atoms with Crippen molar-refractivity contribution in [3.8, 4) is 0 Å². The van der Waals surface area contributed by atoms with Crippen LogP contribution in [0.1, 0.15) is 53.4 Å². The van der Waals surface area contributed by atoms with E-state index in [0.29, 0.717) is 17.5 Å². The number of rotatable bonds is 5. The fraction of sp³-hybridized carbons (Fsp3) is 0.238. The van der Waals surface area contributed by atoms with Crippen molar-refractivity contribution in [1.82, 2.24) is 4.98 Å². The Bertz CT molecular complexity index is 906. The number of hydrogen-bond donors (Lipinski definition) is 1. The van der Waals surface area contributed by atoms with Gasteiger partial charge in [-0.2, -0.15) is 0 Å². The Balaban J connectivity index is 2.23. The Morgan fingerprint density at radius 3 is 2.42 bits per heavy atom. The van der Waals surface area contributed by atoms with Crippen LogP contribution >= 0.6 is 0 Å². The second-order valence-corrected chi connectivity index (χ2v) is 6.13. The van der Waals surface area contributed by atoms with Crippen LogP contribution in [-0.2, 0) is 4.79 Å². The summed E-state index contributed by atoms with van der Waals surface area (Å²) in [6.45, 7) is 5.70. The van der Waals surface area contributed by atoms with Crippen molar-refractivity contribution in [2.45, 2.75) is 33.1 Å². The molecule has 0 saturated carbocycles. The highest BCUT2D eigenvalue weighted by molar-refractivity contribution is 6.18. The smallest absolute Gasteiger partial charge is 0.195 e. The van der Waals surface area contributed by atoms with Crippen LogP contribution in [0.15, 0.2) is 48.5 Å². The summed E-state index contributed by atoms with van der Waals surface area (Å²) < 4.78 is 0. The van der Waals surface area contributed by atoms with Gasteiger partial charge >= 0.3 is 0 Å². The summed E-state index contributed by atoms with van der Waals surface area (Å²) in [6.07, 6.45) is 0.489. The molecular weight excluding hydrogens is 298 g/mol. The van der Waals surface area contributed by atoms with E-state index >= 15 is 0 Å².